The van der Waals surface area contributed by atoms with Gasteiger partial charge in [0.2, 0.25) is 0 Å². The Bertz CT molecular complexity index is 583. The molecule has 0 saturated carbocycles. The van der Waals surface area contributed by atoms with E-state index in [0.717, 1.165) is 0 Å². The Morgan fingerprint density at radius 1 is 1.61 bits per heavy atom. The van der Waals surface area contributed by atoms with E-state index >= 15 is 0 Å². The summed E-state index contributed by atoms with van der Waals surface area (Å²) in [6, 6.07) is 1.63. The first-order valence-corrected chi connectivity index (χ1v) is 6.11. The smallest absolute Gasteiger partial charge is 0.253 e. The number of aliphatic hydroxyl groups is 1. The van der Waals surface area contributed by atoms with Crippen molar-refractivity contribution in [3.8, 4) is 0 Å². The zero-order valence-corrected chi connectivity index (χ0v) is 11.0. The van der Waals surface area contributed by atoms with Gasteiger partial charge in [-0.1, -0.05) is 0 Å². The number of nitrogens with one attached hydrogen (secondary N) is 1. The van der Waals surface area contributed by atoms with Gasteiger partial charge in [0.1, 0.15) is 16.4 Å². The molecule has 1 amide bonds. The molecule has 2 heterocycles. The minimum Gasteiger partial charge on any atom is -0.396 e. The third kappa shape index (κ3) is 2.29. The number of aromatic nitrogens is 3. The summed E-state index contributed by atoms with van der Waals surface area (Å²) in [5, 5.41) is 15.4. The van der Waals surface area contributed by atoms with Crippen molar-refractivity contribution in [3.63, 3.8) is 0 Å². The number of fused-ring (bicyclic) bond motifs is 1. The van der Waals surface area contributed by atoms with Crippen molar-refractivity contribution in [3.05, 3.63) is 22.6 Å². The molecular formula is C10H12BrN5O2. The lowest BCUT2D eigenvalue weighted by Crippen LogP contribution is -2.25. The minimum atomic E-state index is -0.270. The summed E-state index contributed by atoms with van der Waals surface area (Å²) < 4.78 is 2.13. The molecule has 0 saturated heterocycles. The Kier molecular flexibility index (Phi) is 3.78. The van der Waals surface area contributed by atoms with Crippen molar-refractivity contribution >= 4 is 33.2 Å². The number of anilines is 1. The van der Waals surface area contributed by atoms with Gasteiger partial charge in [-0.3, -0.25) is 4.79 Å². The highest BCUT2D eigenvalue weighted by Gasteiger charge is 2.17. The van der Waals surface area contributed by atoms with Gasteiger partial charge in [-0.2, -0.15) is 5.10 Å². The average Bonchev–Trinajstić information content (AvgIpc) is 2.69. The van der Waals surface area contributed by atoms with Crippen LogP contribution in [0.1, 0.15) is 16.8 Å². The molecule has 0 bridgehead atoms. The highest BCUT2D eigenvalue weighted by Crippen LogP contribution is 2.23. The summed E-state index contributed by atoms with van der Waals surface area (Å²) in [4.78, 5) is 15.8. The molecule has 0 radical (unpaired) electrons. The molecule has 0 unspecified atom stereocenters. The highest BCUT2D eigenvalue weighted by molar-refractivity contribution is 9.10. The van der Waals surface area contributed by atoms with E-state index in [-0.39, 0.29) is 18.3 Å². The number of amides is 1. The summed E-state index contributed by atoms with van der Waals surface area (Å²) >= 11 is 3.30. The van der Waals surface area contributed by atoms with Crippen LogP contribution in [-0.2, 0) is 0 Å². The van der Waals surface area contributed by atoms with Crippen LogP contribution in [0.5, 0.6) is 0 Å². The van der Waals surface area contributed by atoms with E-state index in [1.54, 1.807) is 6.07 Å². The van der Waals surface area contributed by atoms with Gasteiger partial charge >= 0.3 is 0 Å². The van der Waals surface area contributed by atoms with E-state index in [0.29, 0.717) is 28.6 Å². The van der Waals surface area contributed by atoms with Crippen LogP contribution in [0.4, 0.5) is 5.82 Å². The van der Waals surface area contributed by atoms with Gasteiger partial charge in [0.15, 0.2) is 5.82 Å². The van der Waals surface area contributed by atoms with Crippen LogP contribution >= 0.6 is 15.9 Å². The van der Waals surface area contributed by atoms with Gasteiger partial charge in [-0.05, 0) is 28.4 Å². The van der Waals surface area contributed by atoms with Crippen LogP contribution in [0.15, 0.2) is 17.0 Å². The van der Waals surface area contributed by atoms with Crippen LogP contribution in [0.3, 0.4) is 0 Å². The van der Waals surface area contributed by atoms with Crippen molar-refractivity contribution in [2.24, 2.45) is 0 Å². The Balaban J connectivity index is 2.36. The molecule has 96 valence electrons. The largest absolute Gasteiger partial charge is 0.396 e. The number of nitrogen functional groups attached to an aromatic ring is 1. The first-order valence-electron chi connectivity index (χ1n) is 5.32. The van der Waals surface area contributed by atoms with Crippen molar-refractivity contribution in [1.29, 1.82) is 0 Å². The van der Waals surface area contributed by atoms with Gasteiger partial charge < -0.3 is 16.2 Å². The van der Waals surface area contributed by atoms with Crippen molar-refractivity contribution in [2.45, 2.75) is 6.42 Å². The third-order valence-electron chi connectivity index (χ3n) is 2.40. The number of aliphatic hydroxyl groups excluding tert-OH is 1. The molecule has 0 aliphatic carbocycles. The molecule has 0 spiro atoms. The molecule has 0 aliphatic rings. The predicted molar refractivity (Wildman–Crippen MR) is 69.1 cm³/mol. The monoisotopic (exact) mass is 313 g/mol. The lowest BCUT2D eigenvalue weighted by atomic mass is 10.2. The first kappa shape index (κ1) is 12.8. The fraction of sp³-hybridized carbons (Fsp3) is 0.300. The van der Waals surface area contributed by atoms with Gasteiger partial charge in [0.05, 0.1) is 5.56 Å². The van der Waals surface area contributed by atoms with Crippen molar-refractivity contribution < 1.29 is 9.90 Å². The first-order chi connectivity index (χ1) is 8.65. The molecule has 0 aromatic carbocycles. The van der Waals surface area contributed by atoms with Gasteiger partial charge in [-0.25, -0.2) is 9.50 Å². The van der Waals surface area contributed by atoms with E-state index in [1.807, 2.05) is 0 Å². The zero-order chi connectivity index (χ0) is 13.1. The Labute approximate surface area is 111 Å². The topological polar surface area (TPSA) is 106 Å². The fourth-order valence-electron chi connectivity index (χ4n) is 1.58. The maximum atomic E-state index is 12.0. The van der Waals surface area contributed by atoms with Gasteiger partial charge in [0.25, 0.3) is 5.91 Å². The number of rotatable bonds is 4. The SMILES string of the molecule is Nc1ncnn2c(Br)cc(C(=O)NCCCO)c12. The zero-order valence-electron chi connectivity index (χ0n) is 9.43. The maximum Gasteiger partial charge on any atom is 0.253 e. The Morgan fingerprint density at radius 3 is 3.11 bits per heavy atom. The van der Waals surface area contributed by atoms with E-state index in [1.165, 1.54) is 10.8 Å². The lowest BCUT2D eigenvalue weighted by molar-refractivity contribution is 0.0953. The number of nitrogens with two attached hydrogens (primary N) is 1. The molecule has 4 N–H and O–H groups in total. The molecule has 0 aliphatic heterocycles. The number of carbonyl (C=O) groups excluding carboxylic acids is 1. The van der Waals surface area contributed by atoms with Crippen LogP contribution < -0.4 is 11.1 Å². The number of halogens is 1. The third-order valence-corrected chi connectivity index (χ3v) is 2.97. The van der Waals surface area contributed by atoms with Crippen molar-refractivity contribution in [1.82, 2.24) is 19.9 Å². The number of nitrogens with zero attached hydrogens (tertiary/aromatic N) is 3. The fourth-order valence-corrected chi connectivity index (χ4v) is 2.08. The summed E-state index contributed by atoms with van der Waals surface area (Å²) in [6.07, 6.45) is 1.82. The molecule has 18 heavy (non-hydrogen) atoms. The van der Waals surface area contributed by atoms with Crippen LogP contribution in [0.25, 0.3) is 5.52 Å². The van der Waals surface area contributed by atoms with Crippen LogP contribution in [0, 0.1) is 0 Å². The Hall–Kier alpha value is -1.67. The van der Waals surface area contributed by atoms with E-state index in [9.17, 15) is 4.79 Å². The van der Waals surface area contributed by atoms with E-state index in [4.69, 9.17) is 10.8 Å². The summed E-state index contributed by atoms with van der Waals surface area (Å²) in [5.74, 6) is -0.0313. The minimum absolute atomic E-state index is 0.0335. The molecule has 2 aromatic rings. The molecule has 0 atom stereocenters. The normalized spacial score (nSPS) is 10.8. The van der Waals surface area contributed by atoms with Crippen molar-refractivity contribution in [2.75, 3.05) is 18.9 Å². The molecule has 0 fully saturated rings. The second-order valence-electron chi connectivity index (χ2n) is 3.62. The standard InChI is InChI=1S/C10H12BrN5O2/c11-7-4-6(10(18)13-2-1-3-17)8-9(12)14-5-15-16(7)8/h4-5,17H,1-3H2,(H,13,18)(H2,12,14,15). The number of hydrogen-bond acceptors (Lipinski definition) is 5. The maximum absolute atomic E-state index is 12.0. The Morgan fingerprint density at radius 2 is 2.39 bits per heavy atom. The van der Waals surface area contributed by atoms with Gasteiger partial charge in [0, 0.05) is 13.2 Å². The second kappa shape index (κ2) is 5.32. The lowest BCUT2D eigenvalue weighted by Gasteiger charge is -2.03. The van der Waals surface area contributed by atoms with E-state index in [2.05, 4.69) is 31.3 Å². The van der Waals surface area contributed by atoms with E-state index < -0.39 is 0 Å². The molecule has 2 aromatic heterocycles. The summed E-state index contributed by atoms with van der Waals surface area (Å²) in [6.45, 7) is 0.434. The highest BCUT2D eigenvalue weighted by atomic mass is 79.9. The van der Waals surface area contributed by atoms with Gasteiger partial charge in [-0.15, -0.1) is 0 Å². The number of carbonyl (C=O) groups is 1. The predicted octanol–water partition coefficient (Wildman–Crippen LogP) is 0.186. The molecule has 8 heteroatoms. The molecular weight excluding hydrogens is 302 g/mol. The molecule has 7 nitrogen and oxygen atoms in total. The quantitative estimate of drug-likeness (QED) is 0.699. The van der Waals surface area contributed by atoms with Crippen LogP contribution in [0.2, 0.25) is 0 Å². The second-order valence-corrected chi connectivity index (χ2v) is 4.43. The summed E-state index contributed by atoms with van der Waals surface area (Å²) in [5.41, 5.74) is 6.61. The summed E-state index contributed by atoms with van der Waals surface area (Å²) in [7, 11) is 0. The number of hydrogen-bond donors (Lipinski definition) is 3. The van der Waals surface area contributed by atoms with Crippen LogP contribution in [-0.4, -0.2) is 38.8 Å². The average molecular weight is 314 g/mol. The molecule has 2 rings (SSSR count).